The Kier molecular flexibility index (Phi) is 5.04. The molecule has 0 fully saturated rings. The molecule has 0 saturated heterocycles. The van der Waals surface area contributed by atoms with Gasteiger partial charge in [0, 0.05) is 17.6 Å². The van der Waals surface area contributed by atoms with Crippen molar-refractivity contribution >= 4 is 17.4 Å². The fraction of sp³-hybridized carbons (Fsp3) is 0.769. The predicted molar refractivity (Wildman–Crippen MR) is 76.5 cm³/mol. The Bertz CT molecular complexity index is 439. The van der Waals surface area contributed by atoms with Crippen molar-refractivity contribution in [2.75, 3.05) is 6.61 Å². The highest BCUT2D eigenvalue weighted by Crippen LogP contribution is 2.26. The second kappa shape index (κ2) is 5.96. The summed E-state index contributed by atoms with van der Waals surface area (Å²) in [5.41, 5.74) is 0.113. The normalized spacial score (nSPS) is 15.1. The first-order chi connectivity index (χ1) is 8.73. The van der Waals surface area contributed by atoms with Gasteiger partial charge in [-0.25, -0.2) is 0 Å². The van der Waals surface area contributed by atoms with E-state index in [9.17, 15) is 4.79 Å². The third-order valence-corrected chi connectivity index (χ3v) is 3.99. The van der Waals surface area contributed by atoms with Crippen molar-refractivity contribution in [3.63, 3.8) is 0 Å². The Morgan fingerprint density at radius 2 is 2.00 bits per heavy atom. The molecule has 0 spiro atoms. The molecule has 0 radical (unpaired) electrons. The Labute approximate surface area is 118 Å². The van der Waals surface area contributed by atoms with Crippen LogP contribution >= 0.6 is 11.5 Å². The molecule has 1 unspecified atom stereocenters. The molecule has 0 saturated carbocycles. The van der Waals surface area contributed by atoms with Crippen molar-refractivity contribution in [1.82, 2.24) is 14.9 Å². The van der Waals surface area contributed by atoms with E-state index in [-0.39, 0.29) is 17.9 Å². The van der Waals surface area contributed by atoms with Crippen LogP contribution in [-0.2, 0) is 5.41 Å². The Morgan fingerprint density at radius 3 is 2.47 bits per heavy atom. The van der Waals surface area contributed by atoms with Crippen LogP contribution < -0.4 is 5.32 Å². The number of amides is 1. The molecular formula is C13H23N3O2S. The highest BCUT2D eigenvalue weighted by Gasteiger charge is 2.30. The molecule has 19 heavy (non-hydrogen) atoms. The van der Waals surface area contributed by atoms with Gasteiger partial charge in [-0.05, 0) is 31.3 Å². The van der Waals surface area contributed by atoms with Gasteiger partial charge in [-0.2, -0.15) is 0 Å². The maximum atomic E-state index is 12.4. The first-order valence-electron chi connectivity index (χ1n) is 6.49. The van der Waals surface area contributed by atoms with E-state index >= 15 is 0 Å². The van der Waals surface area contributed by atoms with E-state index in [0.717, 1.165) is 23.6 Å². The minimum absolute atomic E-state index is 0.0533. The molecule has 2 N–H and O–H groups in total. The van der Waals surface area contributed by atoms with Crippen LogP contribution in [0.3, 0.4) is 0 Å². The van der Waals surface area contributed by atoms with E-state index in [0.29, 0.717) is 11.3 Å². The predicted octanol–water partition coefficient (Wildman–Crippen LogP) is 2.12. The average Bonchev–Trinajstić information content (AvgIpc) is 2.77. The molecule has 1 rings (SSSR count). The molecule has 0 aliphatic carbocycles. The van der Waals surface area contributed by atoms with Crippen LogP contribution in [0.15, 0.2) is 0 Å². The fourth-order valence-electron chi connectivity index (χ4n) is 1.74. The van der Waals surface area contributed by atoms with Crippen LogP contribution in [0.5, 0.6) is 0 Å². The lowest BCUT2D eigenvalue weighted by Crippen LogP contribution is -2.46. The van der Waals surface area contributed by atoms with Crippen molar-refractivity contribution < 1.29 is 9.90 Å². The molecule has 1 heterocycles. The Balaban J connectivity index is 2.93. The molecule has 5 nitrogen and oxygen atoms in total. The second-order valence-corrected chi connectivity index (χ2v) is 6.80. The zero-order valence-electron chi connectivity index (χ0n) is 12.3. The standard InChI is InChI=1S/C13H23N3O2S/c1-6-13(5,7-8-17)14-11(18)9-10(12(2,3)4)15-16-19-9/h17H,6-8H2,1-5H3,(H,14,18). The maximum Gasteiger partial charge on any atom is 0.265 e. The number of hydrogen-bond donors (Lipinski definition) is 2. The minimum Gasteiger partial charge on any atom is -0.396 e. The fourth-order valence-corrected chi connectivity index (χ4v) is 2.51. The number of aliphatic hydroxyl groups is 1. The average molecular weight is 285 g/mol. The largest absolute Gasteiger partial charge is 0.396 e. The highest BCUT2D eigenvalue weighted by molar-refractivity contribution is 7.08. The summed E-state index contributed by atoms with van der Waals surface area (Å²) < 4.78 is 3.89. The first-order valence-corrected chi connectivity index (χ1v) is 7.27. The number of nitrogens with one attached hydrogen (secondary N) is 1. The van der Waals surface area contributed by atoms with Crippen molar-refractivity contribution in [3.05, 3.63) is 10.6 Å². The summed E-state index contributed by atoms with van der Waals surface area (Å²) >= 11 is 1.12. The number of nitrogens with zero attached hydrogens (tertiary/aromatic N) is 2. The summed E-state index contributed by atoms with van der Waals surface area (Å²) in [4.78, 5) is 12.9. The van der Waals surface area contributed by atoms with Gasteiger partial charge in [-0.15, -0.1) is 5.10 Å². The molecule has 1 amide bonds. The summed E-state index contributed by atoms with van der Waals surface area (Å²) in [6, 6.07) is 0. The van der Waals surface area contributed by atoms with Gasteiger partial charge in [0.2, 0.25) is 0 Å². The second-order valence-electron chi connectivity index (χ2n) is 6.04. The summed E-state index contributed by atoms with van der Waals surface area (Å²) in [6.07, 6.45) is 1.29. The lowest BCUT2D eigenvalue weighted by molar-refractivity contribution is 0.0888. The molecule has 0 aliphatic heterocycles. The Morgan fingerprint density at radius 1 is 1.37 bits per heavy atom. The molecule has 1 aromatic heterocycles. The molecular weight excluding hydrogens is 262 g/mol. The highest BCUT2D eigenvalue weighted by atomic mass is 32.1. The van der Waals surface area contributed by atoms with Crippen molar-refractivity contribution in [2.45, 2.75) is 58.4 Å². The monoisotopic (exact) mass is 285 g/mol. The summed E-state index contributed by atoms with van der Waals surface area (Å²) in [5.74, 6) is -0.155. The van der Waals surface area contributed by atoms with Crippen LogP contribution in [-0.4, -0.2) is 32.7 Å². The number of rotatable bonds is 5. The van der Waals surface area contributed by atoms with Gasteiger partial charge in [0.05, 0.1) is 5.69 Å². The smallest absolute Gasteiger partial charge is 0.265 e. The topological polar surface area (TPSA) is 75.1 Å². The summed E-state index contributed by atoms with van der Waals surface area (Å²) in [6.45, 7) is 10.0. The van der Waals surface area contributed by atoms with E-state index in [1.165, 1.54) is 0 Å². The van der Waals surface area contributed by atoms with Gasteiger partial charge in [0.25, 0.3) is 5.91 Å². The van der Waals surface area contributed by atoms with Gasteiger partial charge in [0.1, 0.15) is 4.88 Å². The number of carbonyl (C=O) groups excluding carboxylic acids is 1. The number of hydrogen-bond acceptors (Lipinski definition) is 5. The lowest BCUT2D eigenvalue weighted by Gasteiger charge is -2.29. The van der Waals surface area contributed by atoms with Crippen molar-refractivity contribution in [3.8, 4) is 0 Å². The van der Waals surface area contributed by atoms with Gasteiger partial charge in [0.15, 0.2) is 0 Å². The van der Waals surface area contributed by atoms with Crippen molar-refractivity contribution in [1.29, 1.82) is 0 Å². The zero-order chi connectivity index (χ0) is 14.7. The van der Waals surface area contributed by atoms with Gasteiger partial charge < -0.3 is 10.4 Å². The number of aromatic nitrogens is 2. The molecule has 1 atom stereocenters. The number of carbonyl (C=O) groups is 1. The third-order valence-electron chi connectivity index (χ3n) is 3.26. The van der Waals surface area contributed by atoms with Gasteiger partial charge >= 0.3 is 0 Å². The molecule has 0 aliphatic rings. The quantitative estimate of drug-likeness (QED) is 0.869. The van der Waals surface area contributed by atoms with Crippen LogP contribution in [0.4, 0.5) is 0 Å². The maximum absolute atomic E-state index is 12.4. The molecule has 108 valence electrons. The first kappa shape index (κ1) is 16.0. The van der Waals surface area contributed by atoms with E-state index < -0.39 is 5.54 Å². The molecule has 0 bridgehead atoms. The molecule has 1 aromatic rings. The zero-order valence-corrected chi connectivity index (χ0v) is 13.1. The lowest BCUT2D eigenvalue weighted by atomic mass is 9.90. The van der Waals surface area contributed by atoms with E-state index in [2.05, 4.69) is 14.9 Å². The van der Waals surface area contributed by atoms with Crippen molar-refractivity contribution in [2.24, 2.45) is 0 Å². The van der Waals surface area contributed by atoms with Gasteiger partial charge in [-0.1, -0.05) is 32.2 Å². The number of aliphatic hydroxyl groups excluding tert-OH is 1. The SMILES string of the molecule is CCC(C)(CCO)NC(=O)c1snnc1C(C)(C)C. The molecule has 0 aromatic carbocycles. The van der Waals surface area contributed by atoms with Crippen LogP contribution in [0.2, 0.25) is 0 Å². The minimum atomic E-state index is -0.398. The van der Waals surface area contributed by atoms with E-state index in [1.807, 2.05) is 34.6 Å². The van der Waals surface area contributed by atoms with E-state index in [1.54, 1.807) is 0 Å². The third kappa shape index (κ3) is 3.98. The van der Waals surface area contributed by atoms with Gasteiger partial charge in [-0.3, -0.25) is 4.79 Å². The van der Waals surface area contributed by atoms with Crippen LogP contribution in [0.25, 0.3) is 0 Å². The van der Waals surface area contributed by atoms with E-state index in [4.69, 9.17) is 5.11 Å². The molecule has 6 heteroatoms. The summed E-state index contributed by atoms with van der Waals surface area (Å²) in [5, 5.41) is 16.1. The van der Waals surface area contributed by atoms with Crippen LogP contribution in [0, 0.1) is 0 Å². The Hall–Kier alpha value is -1.01. The summed E-state index contributed by atoms with van der Waals surface area (Å²) in [7, 11) is 0. The van der Waals surface area contributed by atoms with Crippen LogP contribution in [0.1, 0.15) is 62.8 Å².